The van der Waals surface area contributed by atoms with E-state index in [1.54, 1.807) is 36.4 Å². The quantitative estimate of drug-likeness (QED) is 0.417. The predicted molar refractivity (Wildman–Crippen MR) is 116 cm³/mol. The Bertz CT molecular complexity index is 1020. The van der Waals surface area contributed by atoms with Crippen molar-refractivity contribution >= 4 is 64.0 Å². The molecule has 1 N–H and O–H groups in total. The van der Waals surface area contributed by atoms with Gasteiger partial charge in [-0.25, -0.2) is 4.79 Å². The summed E-state index contributed by atoms with van der Waals surface area (Å²) in [5, 5.41) is 3.60. The van der Waals surface area contributed by atoms with E-state index in [4.69, 9.17) is 51.1 Å². The van der Waals surface area contributed by atoms with Gasteiger partial charge in [-0.05, 0) is 30.3 Å². The molecule has 29 heavy (non-hydrogen) atoms. The van der Waals surface area contributed by atoms with Crippen LogP contribution < -0.4 is 5.32 Å². The molecule has 0 aromatic heterocycles. The van der Waals surface area contributed by atoms with Crippen LogP contribution in [0.25, 0.3) is 0 Å². The summed E-state index contributed by atoms with van der Waals surface area (Å²) in [5.41, 5.74) is 0.810. The van der Waals surface area contributed by atoms with Crippen molar-refractivity contribution in [2.75, 3.05) is 5.32 Å². The van der Waals surface area contributed by atoms with Crippen molar-refractivity contribution in [3.63, 3.8) is 0 Å². The third kappa shape index (κ3) is 5.43. The van der Waals surface area contributed by atoms with Crippen LogP contribution >= 0.6 is 46.4 Å². The zero-order chi connectivity index (χ0) is 21.0. The first-order valence-corrected chi connectivity index (χ1v) is 9.83. The highest BCUT2D eigenvalue weighted by Gasteiger charge is 2.28. The van der Waals surface area contributed by atoms with Crippen LogP contribution in [-0.2, 0) is 9.53 Å². The van der Waals surface area contributed by atoms with Crippen LogP contribution in [0.2, 0.25) is 20.1 Å². The molecule has 1 amide bonds. The van der Waals surface area contributed by atoms with Crippen molar-refractivity contribution in [3.8, 4) is 0 Å². The first-order valence-electron chi connectivity index (χ1n) is 8.32. The maximum Gasteiger partial charge on any atom is 0.342 e. The SMILES string of the molecule is O=C(O[C@H](C(=O)Nc1cc(Cl)cc(Cl)c1)c1ccccc1)c1c(Cl)cccc1Cl. The first kappa shape index (κ1) is 21.5. The zero-order valence-electron chi connectivity index (χ0n) is 14.7. The van der Waals surface area contributed by atoms with E-state index in [9.17, 15) is 9.59 Å². The fourth-order valence-corrected chi connectivity index (χ4v) is 3.67. The van der Waals surface area contributed by atoms with E-state index in [0.29, 0.717) is 21.3 Å². The third-order valence-electron chi connectivity index (χ3n) is 3.86. The Morgan fingerprint density at radius 2 is 1.38 bits per heavy atom. The molecule has 0 aliphatic heterocycles. The van der Waals surface area contributed by atoms with E-state index >= 15 is 0 Å². The zero-order valence-corrected chi connectivity index (χ0v) is 17.7. The second kappa shape index (κ2) is 9.51. The standard InChI is InChI=1S/C21H13Cl4NO3/c22-13-9-14(23)11-15(10-13)26-20(27)19(12-5-2-1-3-6-12)29-21(28)18-16(24)7-4-8-17(18)25/h1-11,19H,(H,26,27)/t19-/m0/s1. The lowest BCUT2D eigenvalue weighted by Crippen LogP contribution is -2.26. The molecule has 0 unspecified atom stereocenters. The number of rotatable bonds is 5. The molecule has 1 atom stereocenters. The number of amides is 1. The Morgan fingerprint density at radius 1 is 0.793 bits per heavy atom. The van der Waals surface area contributed by atoms with Crippen LogP contribution in [0, 0.1) is 0 Å². The van der Waals surface area contributed by atoms with E-state index in [-0.39, 0.29) is 15.6 Å². The number of hydrogen-bond donors (Lipinski definition) is 1. The second-order valence-corrected chi connectivity index (χ2v) is 7.63. The van der Waals surface area contributed by atoms with Gasteiger partial charge in [0, 0.05) is 21.3 Å². The minimum atomic E-state index is -1.26. The maximum absolute atomic E-state index is 12.9. The number of hydrogen-bond acceptors (Lipinski definition) is 3. The fraction of sp³-hybridized carbons (Fsp3) is 0.0476. The van der Waals surface area contributed by atoms with Crippen molar-refractivity contribution in [2.45, 2.75) is 6.10 Å². The molecular weight excluding hydrogens is 456 g/mol. The van der Waals surface area contributed by atoms with Gasteiger partial charge in [-0.2, -0.15) is 0 Å². The molecule has 0 heterocycles. The van der Waals surface area contributed by atoms with E-state index in [2.05, 4.69) is 5.32 Å². The van der Waals surface area contributed by atoms with Crippen LogP contribution in [0.1, 0.15) is 22.0 Å². The number of carbonyl (C=O) groups excluding carboxylic acids is 2. The average molecular weight is 469 g/mol. The Balaban J connectivity index is 1.91. The summed E-state index contributed by atoms with van der Waals surface area (Å²) in [5.74, 6) is -1.42. The molecule has 0 saturated heterocycles. The molecule has 3 rings (SSSR count). The normalized spacial score (nSPS) is 11.6. The highest BCUT2D eigenvalue weighted by molar-refractivity contribution is 6.39. The molecule has 3 aromatic carbocycles. The van der Waals surface area contributed by atoms with Crippen LogP contribution in [0.15, 0.2) is 66.7 Å². The van der Waals surface area contributed by atoms with Gasteiger partial charge in [0.1, 0.15) is 0 Å². The molecule has 148 valence electrons. The molecule has 0 saturated carbocycles. The van der Waals surface area contributed by atoms with Gasteiger partial charge >= 0.3 is 5.97 Å². The van der Waals surface area contributed by atoms with Gasteiger partial charge < -0.3 is 10.1 Å². The molecule has 3 aromatic rings. The third-order valence-corrected chi connectivity index (χ3v) is 4.93. The largest absolute Gasteiger partial charge is 0.444 e. The number of esters is 1. The van der Waals surface area contributed by atoms with Crippen LogP contribution in [0.3, 0.4) is 0 Å². The molecule has 4 nitrogen and oxygen atoms in total. The molecule has 8 heteroatoms. The fourth-order valence-electron chi connectivity index (χ4n) is 2.59. The number of nitrogens with one attached hydrogen (secondary N) is 1. The Kier molecular flexibility index (Phi) is 7.04. The van der Waals surface area contributed by atoms with Gasteiger partial charge in [0.15, 0.2) is 0 Å². The maximum atomic E-state index is 12.9. The van der Waals surface area contributed by atoms with Crippen molar-refractivity contribution in [1.29, 1.82) is 0 Å². The number of carbonyl (C=O) groups is 2. The van der Waals surface area contributed by atoms with Crippen molar-refractivity contribution in [2.24, 2.45) is 0 Å². The summed E-state index contributed by atoms with van der Waals surface area (Å²) in [6.45, 7) is 0. The van der Waals surface area contributed by atoms with Gasteiger partial charge in [-0.3, -0.25) is 4.79 Å². The van der Waals surface area contributed by atoms with Crippen molar-refractivity contribution in [3.05, 3.63) is 97.9 Å². The Hall–Kier alpha value is -2.24. The summed E-state index contributed by atoms with van der Waals surface area (Å²) in [7, 11) is 0. The summed E-state index contributed by atoms with van der Waals surface area (Å²) in [6, 6.07) is 17.8. The molecule has 0 bridgehead atoms. The predicted octanol–water partition coefficient (Wildman–Crippen LogP) is 6.84. The van der Waals surface area contributed by atoms with E-state index < -0.39 is 18.0 Å². The molecular formula is C21H13Cl4NO3. The monoisotopic (exact) mass is 467 g/mol. The number of halogens is 4. The average Bonchev–Trinajstić information content (AvgIpc) is 2.65. The van der Waals surface area contributed by atoms with E-state index in [1.165, 1.54) is 30.3 Å². The van der Waals surface area contributed by atoms with Crippen molar-refractivity contribution < 1.29 is 14.3 Å². The summed E-state index contributed by atoms with van der Waals surface area (Å²) in [6.07, 6.45) is -1.26. The van der Waals surface area contributed by atoms with E-state index in [0.717, 1.165) is 0 Å². The first-order chi connectivity index (χ1) is 13.8. The van der Waals surface area contributed by atoms with Gasteiger partial charge in [0.2, 0.25) is 6.10 Å². The Morgan fingerprint density at radius 3 is 1.97 bits per heavy atom. The molecule has 0 aliphatic carbocycles. The highest BCUT2D eigenvalue weighted by atomic mass is 35.5. The smallest absolute Gasteiger partial charge is 0.342 e. The topological polar surface area (TPSA) is 55.4 Å². The lowest BCUT2D eigenvalue weighted by atomic mass is 10.1. The van der Waals surface area contributed by atoms with Gasteiger partial charge in [0.05, 0.1) is 15.6 Å². The minimum Gasteiger partial charge on any atom is -0.444 e. The number of benzene rings is 3. The van der Waals surface area contributed by atoms with Crippen LogP contribution in [-0.4, -0.2) is 11.9 Å². The van der Waals surface area contributed by atoms with Gasteiger partial charge in [-0.15, -0.1) is 0 Å². The lowest BCUT2D eigenvalue weighted by Gasteiger charge is -2.19. The molecule has 0 fully saturated rings. The minimum absolute atomic E-state index is 0.0182. The summed E-state index contributed by atoms with van der Waals surface area (Å²) in [4.78, 5) is 25.7. The number of anilines is 1. The summed E-state index contributed by atoms with van der Waals surface area (Å²) >= 11 is 24.1. The van der Waals surface area contributed by atoms with Gasteiger partial charge in [-0.1, -0.05) is 82.8 Å². The lowest BCUT2D eigenvalue weighted by molar-refractivity contribution is -0.125. The van der Waals surface area contributed by atoms with E-state index in [1.807, 2.05) is 0 Å². The second-order valence-electron chi connectivity index (χ2n) is 5.94. The van der Waals surface area contributed by atoms with Crippen molar-refractivity contribution in [1.82, 2.24) is 0 Å². The summed E-state index contributed by atoms with van der Waals surface area (Å²) < 4.78 is 5.49. The Labute approximate surface area is 187 Å². The molecule has 0 aliphatic rings. The van der Waals surface area contributed by atoms with Gasteiger partial charge in [0.25, 0.3) is 5.91 Å². The number of ether oxygens (including phenoxy) is 1. The van der Waals surface area contributed by atoms with Crippen LogP contribution in [0.4, 0.5) is 5.69 Å². The highest BCUT2D eigenvalue weighted by Crippen LogP contribution is 2.29. The molecule has 0 spiro atoms. The molecule has 0 radical (unpaired) electrons. The van der Waals surface area contributed by atoms with Crippen LogP contribution in [0.5, 0.6) is 0 Å².